The molecule has 2 rings (SSSR count). The van der Waals surface area contributed by atoms with Gasteiger partial charge in [-0.3, -0.25) is 4.79 Å². The smallest absolute Gasteiger partial charge is 0.255 e. The van der Waals surface area contributed by atoms with E-state index in [9.17, 15) is 4.79 Å². The number of aromatic nitrogens is 1. The van der Waals surface area contributed by atoms with Crippen LogP contribution in [0.15, 0.2) is 42.6 Å². The third-order valence-electron chi connectivity index (χ3n) is 3.58. The van der Waals surface area contributed by atoms with Gasteiger partial charge >= 0.3 is 0 Å². The SMILES string of the molecule is CCCCN(C)c1ccc(NC(=O)c2cccc(OC)c2)cn1. The fraction of sp³-hybridized carbons (Fsp3) is 0.333. The third kappa shape index (κ3) is 4.71. The van der Waals surface area contributed by atoms with Crippen molar-refractivity contribution in [3.05, 3.63) is 48.2 Å². The van der Waals surface area contributed by atoms with E-state index in [4.69, 9.17) is 4.74 Å². The van der Waals surface area contributed by atoms with Crippen molar-refractivity contribution < 1.29 is 9.53 Å². The highest BCUT2D eigenvalue weighted by molar-refractivity contribution is 6.04. The van der Waals surface area contributed by atoms with E-state index in [2.05, 4.69) is 22.1 Å². The van der Waals surface area contributed by atoms with Gasteiger partial charge in [0.25, 0.3) is 5.91 Å². The number of pyridine rings is 1. The standard InChI is InChI=1S/C18H23N3O2/c1-4-5-11-21(2)17-10-9-15(13-19-17)20-18(22)14-7-6-8-16(12-14)23-3/h6-10,12-13H,4-5,11H2,1-3H3,(H,20,22). The van der Waals surface area contributed by atoms with Crippen molar-refractivity contribution in [2.45, 2.75) is 19.8 Å². The van der Waals surface area contributed by atoms with E-state index in [0.29, 0.717) is 17.0 Å². The summed E-state index contributed by atoms with van der Waals surface area (Å²) in [5.41, 5.74) is 1.22. The van der Waals surface area contributed by atoms with Gasteiger partial charge in [-0.15, -0.1) is 0 Å². The minimum atomic E-state index is -0.183. The molecule has 1 N–H and O–H groups in total. The van der Waals surface area contributed by atoms with Crippen molar-refractivity contribution in [2.24, 2.45) is 0 Å². The zero-order chi connectivity index (χ0) is 16.7. The summed E-state index contributed by atoms with van der Waals surface area (Å²) in [6.45, 7) is 3.14. The molecule has 0 saturated carbocycles. The normalized spacial score (nSPS) is 10.2. The van der Waals surface area contributed by atoms with Gasteiger partial charge in [-0.25, -0.2) is 4.98 Å². The maximum Gasteiger partial charge on any atom is 0.255 e. The average Bonchev–Trinajstić information content (AvgIpc) is 2.60. The van der Waals surface area contributed by atoms with Crippen LogP contribution in [0.3, 0.4) is 0 Å². The molecular weight excluding hydrogens is 290 g/mol. The Labute approximate surface area is 137 Å². The second-order valence-corrected chi connectivity index (χ2v) is 5.37. The van der Waals surface area contributed by atoms with Crippen LogP contribution in [0.5, 0.6) is 5.75 Å². The fourth-order valence-corrected chi connectivity index (χ4v) is 2.16. The Bertz CT molecular complexity index is 641. The molecule has 2 aromatic rings. The first-order valence-corrected chi connectivity index (χ1v) is 7.76. The topological polar surface area (TPSA) is 54.5 Å². The molecule has 1 aromatic heterocycles. The highest BCUT2D eigenvalue weighted by Crippen LogP contribution is 2.16. The van der Waals surface area contributed by atoms with Gasteiger partial charge in [0.2, 0.25) is 0 Å². The molecule has 0 aliphatic rings. The van der Waals surface area contributed by atoms with E-state index in [0.717, 1.165) is 25.2 Å². The average molecular weight is 313 g/mol. The molecule has 0 bridgehead atoms. The summed E-state index contributed by atoms with van der Waals surface area (Å²) in [5.74, 6) is 1.37. The van der Waals surface area contributed by atoms with E-state index in [1.807, 2.05) is 19.2 Å². The summed E-state index contributed by atoms with van der Waals surface area (Å²) in [5, 5.41) is 2.84. The van der Waals surface area contributed by atoms with Crippen molar-refractivity contribution in [2.75, 3.05) is 30.9 Å². The van der Waals surface area contributed by atoms with Crippen molar-refractivity contribution in [3.8, 4) is 5.75 Å². The molecule has 0 aliphatic heterocycles. The lowest BCUT2D eigenvalue weighted by molar-refractivity contribution is 0.102. The zero-order valence-electron chi connectivity index (χ0n) is 13.9. The number of nitrogens with one attached hydrogen (secondary N) is 1. The Kier molecular flexibility index (Phi) is 5.97. The molecule has 1 aromatic carbocycles. The summed E-state index contributed by atoms with van der Waals surface area (Å²) in [4.78, 5) is 18.7. The summed E-state index contributed by atoms with van der Waals surface area (Å²) >= 11 is 0. The van der Waals surface area contributed by atoms with E-state index < -0.39 is 0 Å². The van der Waals surface area contributed by atoms with Crippen LogP contribution < -0.4 is 15.0 Å². The minimum absolute atomic E-state index is 0.183. The Balaban J connectivity index is 2.01. The molecular formula is C18H23N3O2. The summed E-state index contributed by atoms with van der Waals surface area (Å²) in [6, 6.07) is 10.8. The van der Waals surface area contributed by atoms with Crippen molar-refractivity contribution >= 4 is 17.4 Å². The number of hydrogen-bond acceptors (Lipinski definition) is 4. The van der Waals surface area contributed by atoms with Crippen LogP contribution in [0, 0.1) is 0 Å². The number of rotatable bonds is 7. The van der Waals surface area contributed by atoms with Gasteiger partial charge in [-0.1, -0.05) is 19.4 Å². The number of carbonyl (C=O) groups is 1. The Morgan fingerprint density at radius 2 is 2.13 bits per heavy atom. The molecule has 122 valence electrons. The van der Waals surface area contributed by atoms with E-state index in [1.54, 1.807) is 37.6 Å². The van der Waals surface area contributed by atoms with Crippen LogP contribution in [0.2, 0.25) is 0 Å². The largest absolute Gasteiger partial charge is 0.497 e. The second-order valence-electron chi connectivity index (χ2n) is 5.37. The van der Waals surface area contributed by atoms with Crippen LogP contribution in [0.25, 0.3) is 0 Å². The van der Waals surface area contributed by atoms with Crippen molar-refractivity contribution in [1.29, 1.82) is 0 Å². The lowest BCUT2D eigenvalue weighted by Crippen LogP contribution is -2.19. The number of anilines is 2. The summed E-state index contributed by atoms with van der Waals surface area (Å²) < 4.78 is 5.13. The van der Waals surface area contributed by atoms with Crippen LogP contribution >= 0.6 is 0 Å². The molecule has 0 unspecified atom stereocenters. The van der Waals surface area contributed by atoms with Crippen molar-refractivity contribution in [3.63, 3.8) is 0 Å². The molecule has 5 nitrogen and oxygen atoms in total. The second kappa shape index (κ2) is 8.17. The first-order chi connectivity index (χ1) is 11.1. The van der Waals surface area contributed by atoms with Gasteiger partial charge in [-0.05, 0) is 36.8 Å². The van der Waals surface area contributed by atoms with E-state index in [1.165, 1.54) is 0 Å². The summed E-state index contributed by atoms with van der Waals surface area (Å²) in [6.07, 6.45) is 3.96. The molecule has 5 heteroatoms. The number of ether oxygens (including phenoxy) is 1. The van der Waals surface area contributed by atoms with Crippen LogP contribution in [-0.2, 0) is 0 Å². The Hall–Kier alpha value is -2.56. The number of benzene rings is 1. The number of unbranched alkanes of at least 4 members (excludes halogenated alkanes) is 1. The molecule has 1 heterocycles. The van der Waals surface area contributed by atoms with Gasteiger partial charge in [0.1, 0.15) is 11.6 Å². The van der Waals surface area contributed by atoms with Gasteiger partial charge in [0.05, 0.1) is 19.0 Å². The third-order valence-corrected chi connectivity index (χ3v) is 3.58. The predicted molar refractivity (Wildman–Crippen MR) is 93.4 cm³/mol. The number of methoxy groups -OCH3 is 1. The monoisotopic (exact) mass is 313 g/mol. The fourth-order valence-electron chi connectivity index (χ4n) is 2.16. The maximum absolute atomic E-state index is 12.2. The lowest BCUT2D eigenvalue weighted by atomic mass is 10.2. The molecule has 23 heavy (non-hydrogen) atoms. The number of hydrogen-bond donors (Lipinski definition) is 1. The Morgan fingerprint density at radius 1 is 1.30 bits per heavy atom. The van der Waals surface area contributed by atoms with Crippen molar-refractivity contribution in [1.82, 2.24) is 4.98 Å². The molecule has 0 aliphatic carbocycles. The van der Waals surface area contributed by atoms with Gasteiger partial charge in [0, 0.05) is 19.2 Å². The molecule has 1 amide bonds. The predicted octanol–water partition coefficient (Wildman–Crippen LogP) is 3.58. The maximum atomic E-state index is 12.2. The van der Waals surface area contributed by atoms with E-state index in [-0.39, 0.29) is 5.91 Å². The van der Waals surface area contributed by atoms with Crippen LogP contribution in [0.1, 0.15) is 30.1 Å². The molecule has 0 atom stereocenters. The lowest BCUT2D eigenvalue weighted by Gasteiger charge is -2.17. The highest BCUT2D eigenvalue weighted by Gasteiger charge is 2.08. The summed E-state index contributed by atoms with van der Waals surface area (Å²) in [7, 11) is 3.60. The quantitative estimate of drug-likeness (QED) is 0.849. The highest BCUT2D eigenvalue weighted by atomic mass is 16.5. The van der Waals surface area contributed by atoms with Crippen LogP contribution in [0.4, 0.5) is 11.5 Å². The van der Waals surface area contributed by atoms with Crippen LogP contribution in [-0.4, -0.2) is 31.6 Å². The number of carbonyl (C=O) groups excluding carboxylic acids is 1. The molecule has 0 spiro atoms. The molecule has 0 saturated heterocycles. The van der Waals surface area contributed by atoms with Gasteiger partial charge in [-0.2, -0.15) is 0 Å². The number of nitrogens with zero attached hydrogens (tertiary/aromatic N) is 2. The first kappa shape index (κ1) is 16.8. The Morgan fingerprint density at radius 3 is 2.78 bits per heavy atom. The van der Waals surface area contributed by atoms with E-state index >= 15 is 0 Å². The molecule has 0 radical (unpaired) electrons. The van der Waals surface area contributed by atoms with Gasteiger partial charge < -0.3 is 15.0 Å². The zero-order valence-corrected chi connectivity index (χ0v) is 13.9. The first-order valence-electron chi connectivity index (χ1n) is 7.76. The molecule has 0 fully saturated rings. The van der Waals surface area contributed by atoms with Gasteiger partial charge in [0.15, 0.2) is 0 Å². The number of amides is 1. The minimum Gasteiger partial charge on any atom is -0.497 e.